The minimum absolute atomic E-state index is 0.0609. The van der Waals surface area contributed by atoms with Crippen LogP contribution in [0.5, 0.6) is 0 Å². The number of anilines is 1. The summed E-state index contributed by atoms with van der Waals surface area (Å²) in [6.07, 6.45) is -0.608. The van der Waals surface area contributed by atoms with E-state index < -0.39 is 12.0 Å². The highest BCUT2D eigenvalue weighted by atomic mass is 19.4. The molecule has 0 aromatic carbocycles. The molecular formula is C15H18F3N7. The zero-order valence-electron chi connectivity index (χ0n) is 14.2. The van der Waals surface area contributed by atoms with Crippen LogP contribution < -0.4 is 10.2 Å². The molecule has 3 heterocycles. The molecule has 0 aliphatic carbocycles. The van der Waals surface area contributed by atoms with Crippen LogP contribution in [0.4, 0.5) is 18.9 Å². The highest BCUT2D eigenvalue weighted by molar-refractivity contribution is 5.71. The van der Waals surface area contributed by atoms with Gasteiger partial charge in [-0.3, -0.25) is 4.57 Å². The van der Waals surface area contributed by atoms with Gasteiger partial charge in [0.25, 0.3) is 0 Å². The molecule has 0 saturated heterocycles. The lowest BCUT2D eigenvalue weighted by Crippen LogP contribution is -2.12. The second kappa shape index (κ2) is 7.43. The van der Waals surface area contributed by atoms with Crippen LogP contribution >= 0.6 is 0 Å². The van der Waals surface area contributed by atoms with Crippen molar-refractivity contribution in [2.75, 3.05) is 33.1 Å². The summed E-state index contributed by atoms with van der Waals surface area (Å²) in [6.45, 7) is 0. The third-order valence-corrected chi connectivity index (χ3v) is 3.04. The van der Waals surface area contributed by atoms with Gasteiger partial charge in [0.15, 0.2) is 5.65 Å². The molecule has 0 saturated carbocycles. The molecule has 3 aromatic heterocycles. The summed E-state index contributed by atoms with van der Waals surface area (Å²) in [7, 11) is 7.46. The number of pyridine rings is 1. The molecule has 0 atom stereocenters. The molecule has 1 N–H and O–H groups in total. The van der Waals surface area contributed by atoms with Gasteiger partial charge >= 0.3 is 6.18 Å². The summed E-state index contributed by atoms with van der Waals surface area (Å²) in [5, 5.41) is 2.75. The van der Waals surface area contributed by atoms with Crippen LogP contribution in [0.25, 0.3) is 17.0 Å². The molecular weight excluding hydrogens is 335 g/mol. The van der Waals surface area contributed by atoms with E-state index in [4.69, 9.17) is 0 Å². The van der Waals surface area contributed by atoms with Gasteiger partial charge in [-0.1, -0.05) is 0 Å². The smallest absolute Gasteiger partial charge is 0.378 e. The van der Waals surface area contributed by atoms with Gasteiger partial charge in [0.05, 0.1) is 6.20 Å². The molecule has 0 aliphatic rings. The van der Waals surface area contributed by atoms with Crippen molar-refractivity contribution in [1.82, 2.24) is 29.8 Å². The van der Waals surface area contributed by atoms with E-state index in [9.17, 15) is 13.2 Å². The van der Waals surface area contributed by atoms with Crippen LogP contribution in [0.15, 0.2) is 30.9 Å². The first-order valence-corrected chi connectivity index (χ1v) is 7.27. The zero-order chi connectivity index (χ0) is 18.6. The van der Waals surface area contributed by atoms with E-state index in [0.29, 0.717) is 5.82 Å². The van der Waals surface area contributed by atoms with E-state index in [1.54, 1.807) is 18.3 Å². The Balaban J connectivity index is 0.000000701. The summed E-state index contributed by atoms with van der Waals surface area (Å²) in [5.74, 6) is -0.772. The SMILES string of the molecule is CN(C)c1ccnc(-n2cnc3cnc(C(F)(F)F)nc32)c1.CNC. The Hall–Kier alpha value is -2.75. The Labute approximate surface area is 142 Å². The van der Waals surface area contributed by atoms with Gasteiger partial charge in [-0.2, -0.15) is 13.2 Å². The van der Waals surface area contributed by atoms with E-state index in [0.717, 1.165) is 11.9 Å². The van der Waals surface area contributed by atoms with Crippen molar-refractivity contribution in [2.45, 2.75) is 6.18 Å². The summed E-state index contributed by atoms with van der Waals surface area (Å²) in [5.41, 5.74) is 1.19. The van der Waals surface area contributed by atoms with Crippen molar-refractivity contribution in [2.24, 2.45) is 0 Å². The molecule has 0 fully saturated rings. The van der Waals surface area contributed by atoms with Gasteiger partial charge in [-0.25, -0.2) is 19.9 Å². The average molecular weight is 353 g/mol. The van der Waals surface area contributed by atoms with Crippen molar-refractivity contribution >= 4 is 16.9 Å². The highest BCUT2D eigenvalue weighted by Gasteiger charge is 2.35. The number of nitrogens with zero attached hydrogens (tertiary/aromatic N) is 6. The van der Waals surface area contributed by atoms with Gasteiger partial charge in [-0.15, -0.1) is 0 Å². The van der Waals surface area contributed by atoms with Crippen molar-refractivity contribution < 1.29 is 13.2 Å². The number of hydrogen-bond acceptors (Lipinski definition) is 6. The van der Waals surface area contributed by atoms with Crippen LogP contribution in [0.1, 0.15) is 5.82 Å². The first kappa shape index (κ1) is 18.6. The molecule has 7 nitrogen and oxygen atoms in total. The van der Waals surface area contributed by atoms with E-state index >= 15 is 0 Å². The molecule has 10 heteroatoms. The lowest BCUT2D eigenvalue weighted by molar-refractivity contribution is -0.144. The number of rotatable bonds is 2. The van der Waals surface area contributed by atoms with Crippen LogP contribution in [0.3, 0.4) is 0 Å². The summed E-state index contributed by atoms with van der Waals surface area (Å²) in [4.78, 5) is 16.9. The zero-order valence-corrected chi connectivity index (χ0v) is 14.2. The Morgan fingerprint density at radius 2 is 1.80 bits per heavy atom. The molecule has 0 unspecified atom stereocenters. The number of alkyl halides is 3. The molecule has 134 valence electrons. The maximum atomic E-state index is 12.7. The fourth-order valence-corrected chi connectivity index (χ4v) is 1.93. The Morgan fingerprint density at radius 3 is 2.40 bits per heavy atom. The van der Waals surface area contributed by atoms with E-state index in [1.807, 2.05) is 33.1 Å². The second-order valence-corrected chi connectivity index (χ2v) is 5.28. The third kappa shape index (κ3) is 4.21. The maximum absolute atomic E-state index is 12.7. The van der Waals surface area contributed by atoms with E-state index in [-0.39, 0.29) is 11.2 Å². The summed E-state index contributed by atoms with van der Waals surface area (Å²) < 4.78 is 39.6. The Kier molecular flexibility index (Phi) is 5.52. The number of aromatic nitrogens is 5. The van der Waals surface area contributed by atoms with Crippen molar-refractivity contribution in [3.05, 3.63) is 36.7 Å². The predicted octanol–water partition coefficient (Wildman–Crippen LogP) is 2.13. The molecule has 0 radical (unpaired) electrons. The standard InChI is InChI=1S/C13H11F3N6.C2H7N/c1-21(2)8-3-4-17-10(5-8)22-7-19-9-6-18-12(13(14,15)16)20-11(9)22;1-3-2/h3-7H,1-2H3;3H,1-2H3. The van der Waals surface area contributed by atoms with Crippen LogP contribution in [0.2, 0.25) is 0 Å². The van der Waals surface area contributed by atoms with Crippen molar-refractivity contribution in [1.29, 1.82) is 0 Å². The second-order valence-electron chi connectivity index (χ2n) is 5.28. The monoisotopic (exact) mass is 353 g/mol. The molecule has 0 amide bonds. The first-order chi connectivity index (χ1) is 11.8. The van der Waals surface area contributed by atoms with Gasteiger partial charge in [0.1, 0.15) is 17.7 Å². The highest BCUT2D eigenvalue weighted by Crippen LogP contribution is 2.27. The Bertz CT molecular complexity index is 843. The molecule has 3 aromatic rings. The minimum atomic E-state index is -4.61. The maximum Gasteiger partial charge on any atom is 0.451 e. The largest absolute Gasteiger partial charge is 0.451 e. The lowest BCUT2D eigenvalue weighted by Gasteiger charge is -2.13. The van der Waals surface area contributed by atoms with E-state index in [2.05, 4.69) is 25.3 Å². The lowest BCUT2D eigenvalue weighted by atomic mass is 10.3. The number of imidazole rings is 1. The molecule has 3 rings (SSSR count). The first-order valence-electron chi connectivity index (χ1n) is 7.27. The summed E-state index contributed by atoms with van der Waals surface area (Å²) in [6, 6.07) is 3.52. The molecule has 0 spiro atoms. The number of nitrogens with one attached hydrogen (secondary N) is 1. The van der Waals surface area contributed by atoms with Gasteiger partial charge in [-0.05, 0) is 20.2 Å². The quantitative estimate of drug-likeness (QED) is 0.761. The van der Waals surface area contributed by atoms with Crippen LogP contribution in [-0.4, -0.2) is 52.7 Å². The van der Waals surface area contributed by atoms with Gasteiger partial charge < -0.3 is 10.2 Å². The normalized spacial score (nSPS) is 11.2. The number of halogens is 3. The van der Waals surface area contributed by atoms with E-state index in [1.165, 1.54) is 10.9 Å². The fourth-order valence-electron chi connectivity index (χ4n) is 1.93. The Morgan fingerprint density at radius 1 is 1.12 bits per heavy atom. The fraction of sp³-hybridized carbons (Fsp3) is 0.333. The molecule has 0 bridgehead atoms. The van der Waals surface area contributed by atoms with Crippen LogP contribution in [-0.2, 0) is 6.18 Å². The third-order valence-electron chi connectivity index (χ3n) is 3.04. The summed E-state index contributed by atoms with van der Waals surface area (Å²) >= 11 is 0. The van der Waals surface area contributed by atoms with Crippen molar-refractivity contribution in [3.8, 4) is 5.82 Å². The minimum Gasteiger partial charge on any atom is -0.378 e. The topological polar surface area (TPSA) is 71.8 Å². The van der Waals surface area contributed by atoms with Crippen LogP contribution in [0, 0.1) is 0 Å². The van der Waals surface area contributed by atoms with Gasteiger partial charge in [0.2, 0.25) is 5.82 Å². The predicted molar refractivity (Wildman–Crippen MR) is 88.8 cm³/mol. The molecule has 25 heavy (non-hydrogen) atoms. The van der Waals surface area contributed by atoms with Gasteiger partial charge in [0, 0.05) is 32.0 Å². The number of fused-ring (bicyclic) bond motifs is 1. The van der Waals surface area contributed by atoms with Crippen molar-refractivity contribution in [3.63, 3.8) is 0 Å². The number of hydrogen-bond donors (Lipinski definition) is 1. The average Bonchev–Trinajstić information content (AvgIpc) is 2.98. The molecule has 0 aliphatic heterocycles.